The first-order valence-corrected chi connectivity index (χ1v) is 6.72. The van der Waals surface area contributed by atoms with E-state index in [9.17, 15) is 14.7 Å². The van der Waals surface area contributed by atoms with E-state index in [2.05, 4.69) is 15.9 Å². The van der Waals surface area contributed by atoms with Crippen molar-refractivity contribution in [3.63, 3.8) is 0 Å². The molecule has 0 fully saturated rings. The molecule has 0 aromatic heterocycles. The van der Waals surface area contributed by atoms with Crippen molar-refractivity contribution in [1.82, 2.24) is 0 Å². The highest BCUT2D eigenvalue weighted by atomic mass is 79.9. The average molecular weight is 315 g/mol. The Labute approximate surface area is 114 Å². The van der Waals surface area contributed by atoms with Crippen LogP contribution in [0.1, 0.15) is 28.4 Å². The minimum absolute atomic E-state index is 0.00860. The van der Waals surface area contributed by atoms with Crippen LogP contribution in [-0.4, -0.2) is 28.8 Å². The van der Waals surface area contributed by atoms with Gasteiger partial charge in [-0.2, -0.15) is 0 Å². The lowest BCUT2D eigenvalue weighted by Gasteiger charge is -2.11. The molecular formula is C13H15BrO4. The Morgan fingerprint density at radius 2 is 2.11 bits per heavy atom. The largest absolute Gasteiger partial charge is 0.462 e. The second-order valence-corrected chi connectivity index (χ2v) is 4.23. The Balaban J connectivity index is 3.09. The van der Waals surface area contributed by atoms with Gasteiger partial charge in [-0.3, -0.25) is 4.79 Å². The third-order valence-corrected chi connectivity index (χ3v) is 3.09. The number of carbonyl (C=O) groups excluding carboxylic acids is 2. The maximum atomic E-state index is 11.7. The first-order chi connectivity index (χ1) is 8.63. The first-order valence-electron chi connectivity index (χ1n) is 5.60. The molecule has 1 rings (SSSR count). The van der Waals surface area contributed by atoms with Gasteiger partial charge in [-0.25, -0.2) is 4.79 Å². The van der Waals surface area contributed by atoms with Crippen molar-refractivity contribution in [2.24, 2.45) is 0 Å². The van der Waals surface area contributed by atoms with E-state index in [0.717, 1.165) is 0 Å². The van der Waals surface area contributed by atoms with E-state index in [4.69, 9.17) is 4.74 Å². The molecule has 0 spiro atoms. The molecule has 0 heterocycles. The number of aliphatic hydroxyl groups is 1. The van der Waals surface area contributed by atoms with Crippen LogP contribution in [0.15, 0.2) is 18.2 Å². The van der Waals surface area contributed by atoms with Gasteiger partial charge in [0.1, 0.15) is 5.78 Å². The maximum Gasteiger partial charge on any atom is 0.338 e. The van der Waals surface area contributed by atoms with Gasteiger partial charge in [0.05, 0.1) is 24.1 Å². The van der Waals surface area contributed by atoms with Gasteiger partial charge in [0.2, 0.25) is 0 Å². The molecule has 0 atom stereocenters. The summed E-state index contributed by atoms with van der Waals surface area (Å²) >= 11 is 3.09. The van der Waals surface area contributed by atoms with Crippen LogP contribution in [0.3, 0.4) is 0 Å². The van der Waals surface area contributed by atoms with E-state index in [1.54, 1.807) is 25.1 Å². The summed E-state index contributed by atoms with van der Waals surface area (Å²) in [6.07, 6.45) is 0.189. The summed E-state index contributed by atoms with van der Waals surface area (Å²) in [7, 11) is 0. The van der Waals surface area contributed by atoms with E-state index in [0.29, 0.717) is 16.7 Å². The van der Waals surface area contributed by atoms with E-state index < -0.39 is 5.97 Å². The van der Waals surface area contributed by atoms with E-state index >= 15 is 0 Å². The van der Waals surface area contributed by atoms with Crippen LogP contribution in [0, 0.1) is 0 Å². The Hall–Kier alpha value is -1.20. The number of hydrogen-bond acceptors (Lipinski definition) is 4. The number of ether oxygens (including phenoxy) is 1. The zero-order valence-corrected chi connectivity index (χ0v) is 11.7. The molecule has 0 unspecified atom stereocenters. The van der Waals surface area contributed by atoms with Gasteiger partial charge in [-0.1, -0.05) is 28.1 Å². The van der Waals surface area contributed by atoms with Crippen molar-refractivity contribution in [2.45, 2.75) is 20.0 Å². The van der Waals surface area contributed by atoms with Crippen LogP contribution in [0.4, 0.5) is 0 Å². The van der Waals surface area contributed by atoms with Gasteiger partial charge in [0.25, 0.3) is 0 Å². The second-order valence-electron chi connectivity index (χ2n) is 3.67. The van der Waals surface area contributed by atoms with Gasteiger partial charge in [0.15, 0.2) is 0 Å². The number of benzene rings is 1. The van der Waals surface area contributed by atoms with Crippen LogP contribution in [0.2, 0.25) is 0 Å². The normalized spacial score (nSPS) is 10.2. The summed E-state index contributed by atoms with van der Waals surface area (Å²) in [5.74, 6) is -0.486. The average Bonchev–Trinajstić information content (AvgIpc) is 2.38. The minimum Gasteiger partial charge on any atom is -0.462 e. The van der Waals surface area contributed by atoms with Crippen LogP contribution < -0.4 is 0 Å². The Morgan fingerprint density at radius 1 is 1.39 bits per heavy atom. The van der Waals surface area contributed by atoms with Gasteiger partial charge in [0, 0.05) is 6.42 Å². The van der Waals surface area contributed by atoms with Crippen LogP contribution in [-0.2, 0) is 22.6 Å². The molecule has 4 nitrogen and oxygen atoms in total. The van der Waals surface area contributed by atoms with Crippen molar-refractivity contribution < 1.29 is 19.4 Å². The van der Waals surface area contributed by atoms with Crippen LogP contribution in [0.25, 0.3) is 0 Å². The lowest BCUT2D eigenvalue weighted by atomic mass is 9.98. The molecule has 1 aromatic rings. The molecule has 5 heteroatoms. The molecule has 0 aliphatic rings. The zero-order valence-electron chi connectivity index (χ0n) is 10.1. The van der Waals surface area contributed by atoms with E-state index in [1.807, 2.05) is 0 Å². The predicted molar refractivity (Wildman–Crippen MR) is 70.8 cm³/mol. The fraction of sp³-hybridized carbons (Fsp3) is 0.385. The number of esters is 1. The Kier molecular flexibility index (Phi) is 6.01. The fourth-order valence-electron chi connectivity index (χ4n) is 1.65. The van der Waals surface area contributed by atoms with Crippen molar-refractivity contribution in [1.29, 1.82) is 0 Å². The molecule has 0 bridgehead atoms. The highest BCUT2D eigenvalue weighted by molar-refractivity contribution is 9.09. The molecule has 1 aromatic carbocycles. The Morgan fingerprint density at radius 3 is 2.67 bits per heavy atom. The topological polar surface area (TPSA) is 63.6 Å². The van der Waals surface area contributed by atoms with E-state index in [1.165, 1.54) is 0 Å². The smallest absolute Gasteiger partial charge is 0.338 e. The number of rotatable bonds is 6. The van der Waals surface area contributed by atoms with Gasteiger partial charge >= 0.3 is 5.97 Å². The highest BCUT2D eigenvalue weighted by Gasteiger charge is 2.16. The summed E-state index contributed by atoms with van der Waals surface area (Å²) in [6, 6.07) is 5.00. The molecule has 0 radical (unpaired) electrons. The third-order valence-electron chi connectivity index (χ3n) is 2.46. The summed E-state index contributed by atoms with van der Waals surface area (Å²) in [4.78, 5) is 23.1. The molecule has 0 saturated heterocycles. The highest BCUT2D eigenvalue weighted by Crippen LogP contribution is 2.17. The van der Waals surface area contributed by atoms with Gasteiger partial charge < -0.3 is 9.84 Å². The van der Waals surface area contributed by atoms with Crippen molar-refractivity contribution in [2.75, 3.05) is 11.9 Å². The maximum absolute atomic E-state index is 11.7. The number of carbonyl (C=O) groups is 2. The number of ketones is 1. The second kappa shape index (κ2) is 7.28. The van der Waals surface area contributed by atoms with Crippen molar-refractivity contribution in [3.8, 4) is 0 Å². The summed E-state index contributed by atoms with van der Waals surface area (Å²) < 4.78 is 4.91. The third kappa shape index (κ3) is 3.65. The van der Waals surface area contributed by atoms with Gasteiger partial charge in [-0.05, 0) is 24.1 Å². The summed E-state index contributed by atoms with van der Waals surface area (Å²) in [5, 5.41) is 9.62. The van der Waals surface area contributed by atoms with Crippen LogP contribution >= 0.6 is 15.9 Å². The lowest BCUT2D eigenvalue weighted by molar-refractivity contribution is -0.115. The summed E-state index contributed by atoms with van der Waals surface area (Å²) in [5.41, 5.74) is 1.44. The minimum atomic E-state index is -0.477. The van der Waals surface area contributed by atoms with Crippen LogP contribution in [0.5, 0.6) is 0 Å². The number of Topliss-reactive ketones (excluding diaryl/α,β-unsaturated/α-hetero) is 1. The standard InChI is InChI=1S/C13H15BrO4/c1-2-18-13(17)11-5-3-4-9(12(11)8-15)6-10(16)7-14/h3-5,15H,2,6-8H2,1H3. The molecule has 0 amide bonds. The quantitative estimate of drug-likeness (QED) is 0.643. The molecule has 0 aliphatic heterocycles. The number of hydrogen-bond donors (Lipinski definition) is 1. The van der Waals surface area contributed by atoms with Crippen molar-refractivity contribution >= 4 is 27.7 Å². The van der Waals surface area contributed by atoms with Crippen molar-refractivity contribution in [3.05, 3.63) is 34.9 Å². The summed E-state index contributed by atoms with van der Waals surface area (Å²) in [6.45, 7) is 1.70. The SMILES string of the molecule is CCOC(=O)c1cccc(CC(=O)CBr)c1CO. The number of halogens is 1. The Bertz CT molecular complexity index is 443. The lowest BCUT2D eigenvalue weighted by Crippen LogP contribution is -2.13. The molecule has 0 saturated carbocycles. The fourth-order valence-corrected chi connectivity index (χ4v) is 1.84. The predicted octanol–water partition coefficient (Wildman–Crippen LogP) is 1.86. The zero-order chi connectivity index (χ0) is 13.5. The molecule has 1 N–H and O–H groups in total. The first kappa shape index (κ1) is 14.9. The van der Waals surface area contributed by atoms with E-state index in [-0.39, 0.29) is 30.7 Å². The number of aliphatic hydroxyl groups excluding tert-OH is 1. The molecule has 0 aliphatic carbocycles. The molecular weight excluding hydrogens is 300 g/mol. The number of alkyl halides is 1. The van der Waals surface area contributed by atoms with Gasteiger partial charge in [-0.15, -0.1) is 0 Å². The molecule has 18 heavy (non-hydrogen) atoms. The monoisotopic (exact) mass is 314 g/mol. The molecule has 98 valence electrons.